The molecule has 7 heteroatoms. The highest BCUT2D eigenvalue weighted by atomic mass is 32.2. The van der Waals surface area contributed by atoms with E-state index in [9.17, 15) is 14.9 Å². The van der Waals surface area contributed by atoms with Gasteiger partial charge in [0.15, 0.2) is 5.78 Å². The van der Waals surface area contributed by atoms with Gasteiger partial charge >= 0.3 is 0 Å². The maximum absolute atomic E-state index is 12.7. The van der Waals surface area contributed by atoms with E-state index in [4.69, 9.17) is 4.42 Å². The van der Waals surface area contributed by atoms with Crippen LogP contribution in [-0.2, 0) is 9.59 Å². The van der Waals surface area contributed by atoms with E-state index in [1.165, 1.54) is 11.8 Å². The zero-order valence-electron chi connectivity index (χ0n) is 17.5. The Morgan fingerprint density at radius 1 is 1.29 bits per heavy atom. The van der Waals surface area contributed by atoms with Crippen molar-refractivity contribution in [3.63, 3.8) is 0 Å². The number of carbonyl (C=O) groups is 2. The molecule has 1 amide bonds. The number of benzene rings is 1. The molecule has 0 spiro atoms. The summed E-state index contributed by atoms with van der Waals surface area (Å²) in [5, 5.41) is 16.8. The van der Waals surface area contributed by atoms with Crippen LogP contribution in [0.2, 0.25) is 0 Å². The van der Waals surface area contributed by atoms with Crippen molar-refractivity contribution < 1.29 is 14.0 Å². The average molecular weight is 434 g/mol. The zero-order valence-corrected chi connectivity index (χ0v) is 18.3. The Morgan fingerprint density at radius 3 is 2.87 bits per heavy atom. The van der Waals surface area contributed by atoms with Crippen LogP contribution in [0, 0.1) is 25.2 Å². The van der Waals surface area contributed by atoms with Gasteiger partial charge in [-0.1, -0.05) is 23.9 Å². The Labute approximate surface area is 185 Å². The quantitative estimate of drug-likeness (QED) is 0.710. The number of dihydropyridines is 1. The predicted octanol–water partition coefficient (Wildman–Crippen LogP) is 4.70. The van der Waals surface area contributed by atoms with Crippen LogP contribution in [0.3, 0.4) is 0 Å². The topological polar surface area (TPSA) is 95.1 Å². The molecule has 2 N–H and O–H groups in total. The van der Waals surface area contributed by atoms with Crippen molar-refractivity contribution in [3.8, 4) is 6.07 Å². The molecule has 0 radical (unpaired) electrons. The molecule has 1 aromatic heterocycles. The molecule has 2 aromatic rings. The van der Waals surface area contributed by atoms with Crippen LogP contribution in [0.4, 0.5) is 5.69 Å². The van der Waals surface area contributed by atoms with Gasteiger partial charge in [0, 0.05) is 23.4 Å². The Kier molecular flexibility index (Phi) is 6.01. The minimum atomic E-state index is -0.534. The Hall–Kier alpha value is -3.24. The standard InChI is InChI=1S/C24H23N3O3S/c1-14-6-3-7-17(15(14)2)26-21(29)13-31-24-16(12-25)22(20-10-5-11-30-20)23-18(27-24)8-4-9-19(23)28/h3,5-7,10-11,22,27H,4,8-9,13H2,1-2H3,(H,26,29)/t22-/m1/s1. The average Bonchev–Trinajstić information content (AvgIpc) is 3.29. The van der Waals surface area contributed by atoms with Crippen molar-refractivity contribution in [1.29, 1.82) is 5.26 Å². The van der Waals surface area contributed by atoms with Crippen LogP contribution in [0.15, 0.2) is 62.9 Å². The molecule has 0 unspecified atom stereocenters. The summed E-state index contributed by atoms with van der Waals surface area (Å²) in [7, 11) is 0. The van der Waals surface area contributed by atoms with Gasteiger partial charge in [0.05, 0.1) is 34.6 Å². The van der Waals surface area contributed by atoms with Crippen LogP contribution >= 0.6 is 11.8 Å². The Bertz CT molecular complexity index is 1140. The van der Waals surface area contributed by atoms with Gasteiger partial charge in [-0.05, 0) is 56.0 Å². The van der Waals surface area contributed by atoms with E-state index in [2.05, 4.69) is 16.7 Å². The number of amides is 1. The number of carbonyl (C=O) groups excluding carboxylic acids is 2. The number of aryl methyl sites for hydroxylation is 1. The van der Waals surface area contributed by atoms with E-state index in [1.807, 2.05) is 32.0 Å². The van der Waals surface area contributed by atoms with Crippen molar-refractivity contribution in [2.24, 2.45) is 0 Å². The summed E-state index contributed by atoms with van der Waals surface area (Å²) in [6.45, 7) is 3.97. The molecule has 2 heterocycles. The van der Waals surface area contributed by atoms with Crippen molar-refractivity contribution in [3.05, 3.63) is 75.4 Å². The van der Waals surface area contributed by atoms with Gasteiger partial charge in [-0.2, -0.15) is 5.26 Å². The van der Waals surface area contributed by atoms with Crippen LogP contribution < -0.4 is 10.6 Å². The lowest BCUT2D eigenvalue weighted by atomic mass is 9.79. The number of allylic oxidation sites excluding steroid dienone is 3. The first-order valence-electron chi connectivity index (χ1n) is 10.2. The van der Waals surface area contributed by atoms with Crippen LogP contribution in [0.1, 0.15) is 42.1 Å². The number of anilines is 1. The summed E-state index contributed by atoms with van der Waals surface area (Å²) in [6.07, 6.45) is 3.51. The van der Waals surface area contributed by atoms with Gasteiger partial charge in [0.2, 0.25) is 5.91 Å². The molecule has 0 fully saturated rings. The van der Waals surface area contributed by atoms with Crippen molar-refractivity contribution in [2.45, 2.75) is 39.0 Å². The lowest BCUT2D eigenvalue weighted by molar-refractivity contribution is -0.116. The van der Waals surface area contributed by atoms with Crippen molar-refractivity contribution in [1.82, 2.24) is 5.32 Å². The molecule has 0 bridgehead atoms. The summed E-state index contributed by atoms with van der Waals surface area (Å²) in [5.74, 6) is 0.0637. The molecule has 1 atom stereocenters. The molecule has 1 aliphatic heterocycles. The van der Waals surface area contributed by atoms with Crippen LogP contribution in [0.25, 0.3) is 0 Å². The Morgan fingerprint density at radius 2 is 2.13 bits per heavy atom. The van der Waals surface area contributed by atoms with E-state index in [-0.39, 0.29) is 17.4 Å². The number of thioether (sulfide) groups is 1. The number of nitrogens with one attached hydrogen (secondary N) is 2. The first kappa shape index (κ1) is 21.0. The maximum atomic E-state index is 12.7. The third kappa shape index (κ3) is 4.17. The largest absolute Gasteiger partial charge is 0.468 e. The predicted molar refractivity (Wildman–Crippen MR) is 120 cm³/mol. The zero-order chi connectivity index (χ0) is 22.0. The van der Waals surface area contributed by atoms with Crippen LogP contribution in [0.5, 0.6) is 0 Å². The van der Waals surface area contributed by atoms with Gasteiger partial charge < -0.3 is 15.1 Å². The van der Waals surface area contributed by atoms with Gasteiger partial charge in [0.1, 0.15) is 5.76 Å². The fourth-order valence-corrected chi connectivity index (χ4v) is 4.85. The summed E-state index contributed by atoms with van der Waals surface area (Å²) in [6, 6.07) is 11.6. The normalized spacial score (nSPS) is 18.4. The minimum Gasteiger partial charge on any atom is -0.468 e. The van der Waals surface area contributed by atoms with Gasteiger partial charge in [0.25, 0.3) is 0 Å². The fraction of sp³-hybridized carbons (Fsp3) is 0.292. The number of ketones is 1. The SMILES string of the molecule is Cc1cccc(NC(=O)CSC2=C(C#N)[C@H](c3ccco3)C3=C(CCCC3=O)N2)c1C. The lowest BCUT2D eigenvalue weighted by Gasteiger charge is -2.32. The van der Waals surface area contributed by atoms with Crippen molar-refractivity contribution in [2.75, 3.05) is 11.1 Å². The van der Waals surface area contributed by atoms with Crippen LogP contribution in [-0.4, -0.2) is 17.4 Å². The summed E-state index contributed by atoms with van der Waals surface area (Å²) in [5.41, 5.74) is 4.77. The third-order valence-electron chi connectivity index (χ3n) is 5.72. The number of Topliss-reactive ketones (excluding diaryl/α,β-unsaturated/α-hetero) is 1. The molecule has 6 nitrogen and oxygen atoms in total. The number of nitrogens with zero attached hydrogens (tertiary/aromatic N) is 1. The molecular weight excluding hydrogens is 410 g/mol. The van der Waals surface area contributed by atoms with E-state index in [1.54, 1.807) is 18.4 Å². The van der Waals surface area contributed by atoms with E-state index >= 15 is 0 Å². The summed E-state index contributed by atoms with van der Waals surface area (Å²) < 4.78 is 5.59. The smallest absolute Gasteiger partial charge is 0.234 e. The summed E-state index contributed by atoms with van der Waals surface area (Å²) >= 11 is 1.27. The van der Waals surface area contributed by atoms with E-state index in [0.29, 0.717) is 28.4 Å². The highest BCUT2D eigenvalue weighted by Gasteiger charge is 2.38. The van der Waals surface area contributed by atoms with Gasteiger partial charge in [-0.15, -0.1) is 0 Å². The summed E-state index contributed by atoms with van der Waals surface area (Å²) in [4.78, 5) is 25.3. The molecule has 4 rings (SSSR count). The Balaban J connectivity index is 1.58. The van der Waals surface area contributed by atoms with E-state index in [0.717, 1.165) is 35.4 Å². The molecule has 2 aliphatic rings. The lowest BCUT2D eigenvalue weighted by Crippen LogP contribution is -2.31. The molecular formula is C24H23N3O3S. The molecule has 0 saturated carbocycles. The second-order valence-corrected chi connectivity index (χ2v) is 8.67. The number of hydrogen-bond donors (Lipinski definition) is 2. The number of rotatable bonds is 5. The van der Waals surface area contributed by atoms with Crippen molar-refractivity contribution >= 4 is 29.1 Å². The number of hydrogen-bond acceptors (Lipinski definition) is 6. The highest BCUT2D eigenvalue weighted by molar-refractivity contribution is 8.03. The fourth-order valence-electron chi connectivity index (χ4n) is 3.99. The second kappa shape index (κ2) is 8.86. The molecule has 158 valence electrons. The first-order valence-corrected chi connectivity index (χ1v) is 11.2. The van der Waals surface area contributed by atoms with Gasteiger partial charge in [-0.3, -0.25) is 9.59 Å². The highest BCUT2D eigenvalue weighted by Crippen LogP contribution is 2.44. The monoisotopic (exact) mass is 433 g/mol. The molecule has 1 aromatic carbocycles. The van der Waals surface area contributed by atoms with Gasteiger partial charge in [-0.25, -0.2) is 0 Å². The maximum Gasteiger partial charge on any atom is 0.234 e. The molecule has 1 aliphatic carbocycles. The first-order chi connectivity index (χ1) is 15.0. The molecule has 31 heavy (non-hydrogen) atoms. The minimum absolute atomic E-state index is 0.0413. The van der Waals surface area contributed by atoms with E-state index < -0.39 is 5.92 Å². The third-order valence-corrected chi connectivity index (χ3v) is 6.73. The molecule has 0 saturated heterocycles. The second-order valence-electron chi connectivity index (χ2n) is 7.68. The number of furan rings is 1. The number of nitriles is 1.